The van der Waals surface area contributed by atoms with Gasteiger partial charge in [-0.25, -0.2) is 0 Å². The van der Waals surface area contributed by atoms with Gasteiger partial charge in [-0.05, 0) is 31.0 Å². The van der Waals surface area contributed by atoms with Crippen LogP contribution < -0.4 is 11.5 Å². The molecule has 1 atom stereocenters. The number of nitrogens with two attached hydrogens (primary N) is 2. The maximum Gasteiger partial charge on any atom is 0.146 e. The molecule has 0 fully saturated rings. The van der Waals surface area contributed by atoms with Crippen LogP contribution in [0.25, 0.3) is 0 Å². The van der Waals surface area contributed by atoms with Crippen molar-refractivity contribution in [3.63, 3.8) is 0 Å². The van der Waals surface area contributed by atoms with E-state index in [4.69, 9.17) is 11.5 Å². The second kappa shape index (κ2) is 4.05. The number of nitrogen functional groups attached to an aromatic ring is 1. The summed E-state index contributed by atoms with van der Waals surface area (Å²) in [5, 5.41) is 0. The fraction of sp³-hybridized carbons (Fsp3) is 0.300. The minimum Gasteiger partial charge on any atom is -0.399 e. The van der Waals surface area contributed by atoms with Crippen LogP contribution >= 0.6 is 0 Å². The van der Waals surface area contributed by atoms with Crippen LogP contribution in [0.3, 0.4) is 0 Å². The van der Waals surface area contributed by atoms with Gasteiger partial charge >= 0.3 is 0 Å². The zero-order chi connectivity index (χ0) is 9.84. The van der Waals surface area contributed by atoms with Gasteiger partial charge in [-0.2, -0.15) is 0 Å². The summed E-state index contributed by atoms with van der Waals surface area (Å²) in [5.74, 6) is 0.00224. The predicted octanol–water partition coefficient (Wildman–Crippen LogP) is 0.728. The molecule has 0 aliphatic carbocycles. The molecule has 4 N–H and O–H groups in total. The molecule has 0 amide bonds. The molecule has 0 bridgehead atoms. The van der Waals surface area contributed by atoms with Crippen LogP contribution in [-0.4, -0.2) is 11.8 Å². The maximum atomic E-state index is 10.9. The van der Waals surface area contributed by atoms with Crippen molar-refractivity contribution in [2.24, 2.45) is 5.73 Å². The first kappa shape index (κ1) is 9.74. The summed E-state index contributed by atoms with van der Waals surface area (Å²) >= 11 is 0. The number of carbonyl (C=O) groups is 1. The molecule has 0 aliphatic rings. The van der Waals surface area contributed by atoms with E-state index in [1.165, 1.54) is 6.92 Å². The third kappa shape index (κ3) is 2.87. The largest absolute Gasteiger partial charge is 0.399 e. The summed E-state index contributed by atoms with van der Waals surface area (Å²) in [6.45, 7) is 1.50. The SMILES string of the molecule is CC(=O)C(N)Cc1cccc(N)c1. The molecule has 0 aliphatic heterocycles. The van der Waals surface area contributed by atoms with Crippen LogP contribution in [0, 0.1) is 0 Å². The number of rotatable bonds is 3. The lowest BCUT2D eigenvalue weighted by molar-refractivity contribution is -0.118. The summed E-state index contributed by atoms with van der Waals surface area (Å²) in [5.41, 5.74) is 12.9. The zero-order valence-corrected chi connectivity index (χ0v) is 7.66. The number of benzene rings is 1. The number of anilines is 1. The quantitative estimate of drug-likeness (QED) is 0.670. The number of hydrogen-bond acceptors (Lipinski definition) is 3. The standard InChI is InChI=1S/C10H14N2O/c1-7(13)10(12)6-8-3-2-4-9(11)5-8/h2-5,10H,6,11-12H2,1H3. The molecule has 0 saturated heterocycles. The van der Waals surface area contributed by atoms with Crippen molar-refractivity contribution in [1.82, 2.24) is 0 Å². The van der Waals surface area contributed by atoms with Crippen molar-refractivity contribution < 1.29 is 4.79 Å². The van der Waals surface area contributed by atoms with Gasteiger partial charge in [0.2, 0.25) is 0 Å². The molecular weight excluding hydrogens is 164 g/mol. The average molecular weight is 178 g/mol. The van der Waals surface area contributed by atoms with Crippen LogP contribution in [0.4, 0.5) is 5.69 Å². The third-order valence-corrected chi connectivity index (χ3v) is 1.93. The molecule has 1 aromatic rings. The zero-order valence-electron chi connectivity index (χ0n) is 7.66. The summed E-state index contributed by atoms with van der Waals surface area (Å²) in [6.07, 6.45) is 0.556. The van der Waals surface area contributed by atoms with Crippen molar-refractivity contribution in [1.29, 1.82) is 0 Å². The van der Waals surface area contributed by atoms with Crippen molar-refractivity contribution in [3.05, 3.63) is 29.8 Å². The normalized spacial score (nSPS) is 12.5. The minimum absolute atomic E-state index is 0.00224. The van der Waals surface area contributed by atoms with Gasteiger partial charge < -0.3 is 11.5 Å². The van der Waals surface area contributed by atoms with Gasteiger partial charge in [0.05, 0.1) is 6.04 Å². The predicted molar refractivity (Wildman–Crippen MR) is 53.2 cm³/mol. The first-order chi connectivity index (χ1) is 6.09. The first-order valence-corrected chi connectivity index (χ1v) is 4.20. The molecule has 0 heterocycles. The van der Waals surface area contributed by atoms with E-state index in [1.807, 2.05) is 24.3 Å². The molecule has 13 heavy (non-hydrogen) atoms. The number of carbonyl (C=O) groups excluding carboxylic acids is 1. The maximum absolute atomic E-state index is 10.9. The van der Waals surface area contributed by atoms with Gasteiger partial charge in [-0.3, -0.25) is 4.79 Å². The van der Waals surface area contributed by atoms with E-state index in [-0.39, 0.29) is 5.78 Å². The van der Waals surface area contributed by atoms with Gasteiger partial charge in [0.15, 0.2) is 0 Å². The molecule has 0 spiro atoms. The molecule has 3 heteroatoms. The van der Waals surface area contributed by atoms with E-state index in [9.17, 15) is 4.79 Å². The lowest BCUT2D eigenvalue weighted by Gasteiger charge is -2.07. The highest BCUT2D eigenvalue weighted by atomic mass is 16.1. The molecule has 0 saturated carbocycles. The highest BCUT2D eigenvalue weighted by Gasteiger charge is 2.08. The van der Waals surface area contributed by atoms with Crippen LogP contribution in [0.15, 0.2) is 24.3 Å². The minimum atomic E-state index is -0.415. The fourth-order valence-electron chi connectivity index (χ4n) is 1.12. The van der Waals surface area contributed by atoms with Gasteiger partial charge in [-0.15, -0.1) is 0 Å². The molecule has 1 unspecified atom stereocenters. The Hall–Kier alpha value is -1.35. The highest BCUT2D eigenvalue weighted by Crippen LogP contribution is 2.08. The Bertz CT molecular complexity index is 310. The Labute approximate surface area is 77.7 Å². The molecular formula is C10H14N2O. The van der Waals surface area contributed by atoms with Crippen LogP contribution in [0.1, 0.15) is 12.5 Å². The Morgan fingerprint density at radius 2 is 2.23 bits per heavy atom. The first-order valence-electron chi connectivity index (χ1n) is 4.20. The van der Waals surface area contributed by atoms with E-state index in [2.05, 4.69) is 0 Å². The highest BCUT2D eigenvalue weighted by molar-refractivity contribution is 5.81. The van der Waals surface area contributed by atoms with E-state index >= 15 is 0 Å². The number of ketones is 1. The molecule has 70 valence electrons. The lowest BCUT2D eigenvalue weighted by atomic mass is 10.0. The van der Waals surface area contributed by atoms with Crippen molar-refractivity contribution >= 4 is 11.5 Å². The fourth-order valence-corrected chi connectivity index (χ4v) is 1.12. The van der Waals surface area contributed by atoms with Gasteiger partial charge in [0.1, 0.15) is 5.78 Å². The van der Waals surface area contributed by atoms with E-state index in [0.717, 1.165) is 5.56 Å². The molecule has 0 aromatic heterocycles. The lowest BCUT2D eigenvalue weighted by Crippen LogP contribution is -2.30. The van der Waals surface area contributed by atoms with Gasteiger partial charge in [-0.1, -0.05) is 12.1 Å². The van der Waals surface area contributed by atoms with Gasteiger partial charge in [0, 0.05) is 5.69 Å². The Morgan fingerprint density at radius 1 is 1.54 bits per heavy atom. The van der Waals surface area contributed by atoms with E-state index in [0.29, 0.717) is 12.1 Å². The Balaban J connectivity index is 2.69. The summed E-state index contributed by atoms with van der Waals surface area (Å²) < 4.78 is 0. The van der Waals surface area contributed by atoms with Crippen molar-refractivity contribution in [2.75, 3.05) is 5.73 Å². The van der Waals surface area contributed by atoms with Crippen molar-refractivity contribution in [2.45, 2.75) is 19.4 Å². The van der Waals surface area contributed by atoms with Crippen LogP contribution in [0.2, 0.25) is 0 Å². The molecule has 1 rings (SSSR count). The summed E-state index contributed by atoms with van der Waals surface area (Å²) in [7, 11) is 0. The molecule has 0 radical (unpaired) electrons. The average Bonchev–Trinajstić information content (AvgIpc) is 2.04. The Kier molecular flexibility index (Phi) is 3.03. The second-order valence-electron chi connectivity index (χ2n) is 3.17. The molecule has 3 nitrogen and oxygen atoms in total. The summed E-state index contributed by atoms with van der Waals surface area (Å²) in [4.78, 5) is 10.9. The Morgan fingerprint density at radius 3 is 2.77 bits per heavy atom. The van der Waals surface area contributed by atoms with Crippen LogP contribution in [-0.2, 0) is 11.2 Å². The van der Waals surface area contributed by atoms with E-state index < -0.39 is 6.04 Å². The smallest absolute Gasteiger partial charge is 0.146 e. The number of Topliss-reactive ketones (excluding diaryl/α,β-unsaturated/α-hetero) is 1. The van der Waals surface area contributed by atoms with Crippen molar-refractivity contribution in [3.8, 4) is 0 Å². The second-order valence-corrected chi connectivity index (χ2v) is 3.17. The number of hydrogen-bond donors (Lipinski definition) is 2. The summed E-state index contributed by atoms with van der Waals surface area (Å²) in [6, 6.07) is 7.00. The molecule has 1 aromatic carbocycles. The third-order valence-electron chi connectivity index (χ3n) is 1.93. The monoisotopic (exact) mass is 178 g/mol. The topological polar surface area (TPSA) is 69.1 Å². The van der Waals surface area contributed by atoms with Gasteiger partial charge in [0.25, 0.3) is 0 Å². The van der Waals surface area contributed by atoms with E-state index in [1.54, 1.807) is 0 Å². The van der Waals surface area contributed by atoms with Crippen LogP contribution in [0.5, 0.6) is 0 Å².